The molecule has 0 amide bonds. The molecule has 0 radical (unpaired) electrons. The average molecular weight is 793 g/mol. The van der Waals surface area contributed by atoms with Gasteiger partial charge in [-0.25, -0.2) is 0 Å². The predicted molar refractivity (Wildman–Crippen MR) is 238 cm³/mol. The molecule has 0 rings (SSSR count). The highest BCUT2D eigenvalue weighted by molar-refractivity contribution is 5.71. The van der Waals surface area contributed by atoms with Crippen molar-refractivity contribution in [3.05, 3.63) is 0 Å². The van der Waals surface area contributed by atoms with Gasteiger partial charge in [-0.2, -0.15) is 0 Å². The van der Waals surface area contributed by atoms with Gasteiger partial charge >= 0.3 is 17.9 Å². The Balaban J connectivity index is 4.26. The van der Waals surface area contributed by atoms with Crippen LogP contribution in [0.1, 0.15) is 278 Å². The number of unbranched alkanes of at least 4 members (excludes halogenated alkanes) is 31. The molecule has 0 aromatic rings. The molecular weight excluding hydrogens is 697 g/mol. The Morgan fingerprint density at radius 1 is 0.357 bits per heavy atom. The fourth-order valence-corrected chi connectivity index (χ4v) is 7.48. The van der Waals surface area contributed by atoms with Crippen LogP contribution in [0.5, 0.6) is 0 Å². The Hall–Kier alpha value is -1.59. The van der Waals surface area contributed by atoms with Crippen molar-refractivity contribution in [2.45, 2.75) is 284 Å². The molecule has 0 bridgehead atoms. The maximum Gasteiger partial charge on any atom is 0.306 e. The lowest BCUT2D eigenvalue weighted by molar-refractivity contribution is -0.167. The van der Waals surface area contributed by atoms with E-state index >= 15 is 0 Å². The molecule has 0 aliphatic heterocycles. The first-order chi connectivity index (χ1) is 27.4. The molecule has 0 N–H and O–H groups in total. The summed E-state index contributed by atoms with van der Waals surface area (Å²) in [6, 6.07) is 0. The maximum absolute atomic E-state index is 12.7. The second-order valence-electron chi connectivity index (χ2n) is 17.3. The van der Waals surface area contributed by atoms with Crippen molar-refractivity contribution < 1.29 is 28.6 Å². The van der Waals surface area contributed by atoms with E-state index in [-0.39, 0.29) is 31.1 Å². The Bertz CT molecular complexity index is 843. The van der Waals surface area contributed by atoms with E-state index in [0.717, 1.165) is 63.7 Å². The standard InChI is InChI=1S/C50H96O6/c1-5-8-10-12-14-16-18-19-20-21-22-23-25-26-28-33-37-41-48(51)54-44-47(45-55-49(52)42-38-34-31-30-32-36-40-46(4)7-3)56-50(53)43-39-35-29-27-24-17-15-13-11-9-6-2/h46-47H,5-45H2,1-4H3/t46?,47-/m1/s1. The van der Waals surface area contributed by atoms with Crippen LogP contribution >= 0.6 is 0 Å². The number of rotatable bonds is 45. The lowest BCUT2D eigenvalue weighted by atomic mass is 10.00. The van der Waals surface area contributed by atoms with Gasteiger partial charge < -0.3 is 14.2 Å². The lowest BCUT2D eigenvalue weighted by Gasteiger charge is -2.18. The van der Waals surface area contributed by atoms with E-state index < -0.39 is 6.10 Å². The molecule has 332 valence electrons. The number of hydrogen-bond acceptors (Lipinski definition) is 6. The molecule has 2 atom stereocenters. The van der Waals surface area contributed by atoms with Crippen molar-refractivity contribution in [1.29, 1.82) is 0 Å². The Kier molecular flexibility index (Phi) is 43.2. The van der Waals surface area contributed by atoms with Gasteiger partial charge in [0, 0.05) is 19.3 Å². The SMILES string of the molecule is CCCCCCCCCCCCCCCCCCCC(=O)OC[C@H](COC(=O)CCCCCCCCC(C)CC)OC(=O)CCCCCCCCCCCCC. The number of esters is 3. The lowest BCUT2D eigenvalue weighted by Crippen LogP contribution is -2.30. The molecule has 0 aromatic heterocycles. The Labute approximate surface area is 348 Å². The van der Waals surface area contributed by atoms with Crippen LogP contribution in [-0.4, -0.2) is 37.2 Å². The minimum atomic E-state index is -0.760. The third kappa shape index (κ3) is 42.0. The van der Waals surface area contributed by atoms with E-state index in [4.69, 9.17) is 14.2 Å². The normalized spacial score (nSPS) is 12.4. The molecular formula is C50H96O6. The molecule has 0 saturated carbocycles. The zero-order valence-corrected chi connectivity index (χ0v) is 38.1. The first kappa shape index (κ1) is 54.4. The summed E-state index contributed by atoms with van der Waals surface area (Å²) in [6.07, 6.45) is 45.2. The first-order valence-electron chi connectivity index (χ1n) is 24.9. The second-order valence-corrected chi connectivity index (χ2v) is 17.3. The van der Waals surface area contributed by atoms with Crippen molar-refractivity contribution in [1.82, 2.24) is 0 Å². The van der Waals surface area contributed by atoms with Crippen LogP contribution in [0.2, 0.25) is 0 Å². The highest BCUT2D eigenvalue weighted by atomic mass is 16.6. The van der Waals surface area contributed by atoms with Gasteiger partial charge in [-0.1, -0.05) is 240 Å². The fourth-order valence-electron chi connectivity index (χ4n) is 7.48. The first-order valence-corrected chi connectivity index (χ1v) is 24.9. The summed E-state index contributed by atoms with van der Waals surface area (Å²) in [5, 5.41) is 0. The fraction of sp³-hybridized carbons (Fsp3) is 0.940. The van der Waals surface area contributed by atoms with E-state index in [1.54, 1.807) is 0 Å². The van der Waals surface area contributed by atoms with Gasteiger partial charge in [0.05, 0.1) is 0 Å². The topological polar surface area (TPSA) is 78.9 Å². The van der Waals surface area contributed by atoms with Crippen molar-refractivity contribution in [2.24, 2.45) is 5.92 Å². The van der Waals surface area contributed by atoms with Crippen LogP contribution in [0.3, 0.4) is 0 Å². The zero-order chi connectivity index (χ0) is 41.0. The largest absolute Gasteiger partial charge is 0.462 e. The third-order valence-corrected chi connectivity index (χ3v) is 11.7. The number of ether oxygens (including phenoxy) is 3. The molecule has 1 unspecified atom stereocenters. The van der Waals surface area contributed by atoms with E-state index in [1.807, 2.05) is 0 Å². The number of hydrogen-bond donors (Lipinski definition) is 0. The van der Waals surface area contributed by atoms with Gasteiger partial charge in [0.25, 0.3) is 0 Å². The van der Waals surface area contributed by atoms with Crippen molar-refractivity contribution >= 4 is 17.9 Å². The van der Waals surface area contributed by atoms with Crippen LogP contribution < -0.4 is 0 Å². The molecule has 6 heteroatoms. The quantitative estimate of drug-likeness (QED) is 0.0347. The van der Waals surface area contributed by atoms with Crippen molar-refractivity contribution in [3.8, 4) is 0 Å². The van der Waals surface area contributed by atoms with Crippen LogP contribution in [0.25, 0.3) is 0 Å². The van der Waals surface area contributed by atoms with Crippen molar-refractivity contribution in [2.75, 3.05) is 13.2 Å². The summed E-state index contributed by atoms with van der Waals surface area (Å²) in [7, 11) is 0. The number of carbonyl (C=O) groups excluding carboxylic acids is 3. The minimum absolute atomic E-state index is 0.0638. The molecule has 0 heterocycles. The van der Waals surface area contributed by atoms with Crippen LogP contribution in [0, 0.1) is 5.92 Å². The van der Waals surface area contributed by atoms with Gasteiger partial charge in [0.1, 0.15) is 13.2 Å². The van der Waals surface area contributed by atoms with Crippen molar-refractivity contribution in [3.63, 3.8) is 0 Å². The average Bonchev–Trinajstić information content (AvgIpc) is 3.19. The molecule has 0 spiro atoms. The molecule has 0 aromatic carbocycles. The molecule has 0 saturated heterocycles. The van der Waals surface area contributed by atoms with Crippen LogP contribution in [0.4, 0.5) is 0 Å². The van der Waals surface area contributed by atoms with E-state index in [2.05, 4.69) is 27.7 Å². The van der Waals surface area contributed by atoms with Gasteiger partial charge in [-0.15, -0.1) is 0 Å². The molecule has 0 fully saturated rings. The minimum Gasteiger partial charge on any atom is -0.462 e. The van der Waals surface area contributed by atoms with E-state index in [0.29, 0.717) is 19.3 Å². The third-order valence-electron chi connectivity index (χ3n) is 11.7. The number of carbonyl (C=O) groups is 3. The monoisotopic (exact) mass is 793 g/mol. The predicted octanol–water partition coefficient (Wildman–Crippen LogP) is 15.9. The van der Waals surface area contributed by atoms with Crippen LogP contribution in [0.15, 0.2) is 0 Å². The van der Waals surface area contributed by atoms with Gasteiger partial charge in [0.2, 0.25) is 0 Å². The maximum atomic E-state index is 12.7. The van der Waals surface area contributed by atoms with Gasteiger partial charge in [-0.3, -0.25) is 14.4 Å². The second kappa shape index (κ2) is 44.5. The summed E-state index contributed by atoms with van der Waals surface area (Å²) >= 11 is 0. The Morgan fingerprint density at radius 3 is 0.929 bits per heavy atom. The summed E-state index contributed by atoms with van der Waals surface area (Å²) in [4.78, 5) is 37.8. The summed E-state index contributed by atoms with van der Waals surface area (Å²) < 4.78 is 16.8. The zero-order valence-electron chi connectivity index (χ0n) is 38.1. The van der Waals surface area contributed by atoms with Gasteiger partial charge in [-0.05, 0) is 25.2 Å². The summed E-state index contributed by atoms with van der Waals surface area (Å²) in [5.41, 5.74) is 0. The van der Waals surface area contributed by atoms with E-state index in [1.165, 1.54) is 173 Å². The van der Waals surface area contributed by atoms with E-state index in [9.17, 15) is 14.4 Å². The summed E-state index contributed by atoms with van der Waals surface area (Å²) in [5.74, 6) is -0.0372. The molecule has 56 heavy (non-hydrogen) atoms. The highest BCUT2D eigenvalue weighted by Crippen LogP contribution is 2.17. The summed E-state index contributed by atoms with van der Waals surface area (Å²) in [6.45, 7) is 8.98. The molecule has 0 aliphatic rings. The molecule has 0 aliphatic carbocycles. The van der Waals surface area contributed by atoms with Crippen LogP contribution in [-0.2, 0) is 28.6 Å². The van der Waals surface area contributed by atoms with Gasteiger partial charge in [0.15, 0.2) is 6.10 Å². The molecule has 6 nitrogen and oxygen atoms in total. The Morgan fingerprint density at radius 2 is 0.625 bits per heavy atom. The smallest absolute Gasteiger partial charge is 0.306 e. The highest BCUT2D eigenvalue weighted by Gasteiger charge is 2.19.